The Balaban J connectivity index is 0.00000364. The summed E-state index contributed by atoms with van der Waals surface area (Å²) in [6.07, 6.45) is 3.89. The third kappa shape index (κ3) is 8.95. The summed E-state index contributed by atoms with van der Waals surface area (Å²) in [6.45, 7) is 10.7. The molecule has 2 fully saturated rings. The van der Waals surface area contributed by atoms with Crippen molar-refractivity contribution in [2.75, 3.05) is 59.2 Å². The Bertz CT molecular complexity index is 445. The van der Waals surface area contributed by atoms with Crippen molar-refractivity contribution in [2.45, 2.75) is 39.5 Å². The standard InChI is InChI=1S/C19H35N3O4.HI/c1-3-20-19(21-9-6-11-24-14-16-8-12-25-15-16)22-10-5-7-17(13-22)18(23)26-4-2;/h16-17H,3-15H2,1-2H3,(H,20,21);1H. The van der Waals surface area contributed by atoms with Crippen LogP contribution in [0.5, 0.6) is 0 Å². The molecule has 8 heteroatoms. The zero-order chi connectivity index (χ0) is 18.6. The molecule has 0 spiro atoms. The predicted molar refractivity (Wildman–Crippen MR) is 117 cm³/mol. The Kier molecular flexibility index (Phi) is 13.0. The number of esters is 1. The lowest BCUT2D eigenvalue weighted by atomic mass is 9.98. The molecule has 2 saturated heterocycles. The van der Waals surface area contributed by atoms with Gasteiger partial charge in [-0.05, 0) is 39.5 Å². The number of hydrogen-bond donors (Lipinski definition) is 1. The molecule has 1 N–H and O–H groups in total. The van der Waals surface area contributed by atoms with Crippen LogP contribution in [0.25, 0.3) is 0 Å². The molecule has 2 heterocycles. The van der Waals surface area contributed by atoms with Gasteiger partial charge in [-0.2, -0.15) is 0 Å². The number of halogens is 1. The lowest BCUT2D eigenvalue weighted by Crippen LogP contribution is -2.48. The third-order valence-corrected chi connectivity index (χ3v) is 4.76. The molecule has 158 valence electrons. The largest absolute Gasteiger partial charge is 0.466 e. The highest BCUT2D eigenvalue weighted by Gasteiger charge is 2.28. The number of guanidine groups is 1. The average Bonchev–Trinajstić information content (AvgIpc) is 3.17. The number of piperidine rings is 1. The molecule has 0 aromatic rings. The summed E-state index contributed by atoms with van der Waals surface area (Å²) in [5, 5.41) is 3.35. The van der Waals surface area contributed by atoms with Crippen LogP contribution in [-0.2, 0) is 19.0 Å². The smallest absolute Gasteiger partial charge is 0.310 e. The molecule has 0 aromatic carbocycles. The van der Waals surface area contributed by atoms with Gasteiger partial charge >= 0.3 is 5.97 Å². The summed E-state index contributed by atoms with van der Waals surface area (Å²) in [6, 6.07) is 0. The van der Waals surface area contributed by atoms with Crippen LogP contribution in [0.4, 0.5) is 0 Å². The molecule has 2 aliphatic rings. The molecular weight excluding hydrogens is 461 g/mol. The lowest BCUT2D eigenvalue weighted by Gasteiger charge is -2.34. The minimum Gasteiger partial charge on any atom is -0.466 e. The number of carbonyl (C=O) groups excluding carboxylic acids is 1. The summed E-state index contributed by atoms with van der Waals surface area (Å²) in [5.74, 6) is 1.32. The quantitative estimate of drug-likeness (QED) is 0.173. The normalized spacial score (nSPS) is 23.0. The third-order valence-electron chi connectivity index (χ3n) is 4.76. The van der Waals surface area contributed by atoms with Crippen LogP contribution >= 0.6 is 24.0 Å². The SMILES string of the molecule is CCNC(=NCCCOCC1CCOC1)N1CCCC(C(=O)OCC)C1.I. The minimum atomic E-state index is -0.0858. The van der Waals surface area contributed by atoms with Crippen molar-refractivity contribution in [3.63, 3.8) is 0 Å². The van der Waals surface area contributed by atoms with E-state index in [0.29, 0.717) is 19.1 Å². The second-order valence-corrected chi connectivity index (χ2v) is 6.93. The Labute approximate surface area is 180 Å². The summed E-state index contributed by atoms with van der Waals surface area (Å²) in [4.78, 5) is 18.9. The highest BCUT2D eigenvalue weighted by molar-refractivity contribution is 14.0. The van der Waals surface area contributed by atoms with E-state index in [1.807, 2.05) is 6.92 Å². The van der Waals surface area contributed by atoms with Gasteiger partial charge in [-0.3, -0.25) is 9.79 Å². The predicted octanol–water partition coefficient (Wildman–Crippen LogP) is 2.29. The molecule has 27 heavy (non-hydrogen) atoms. The van der Waals surface area contributed by atoms with Gasteiger partial charge in [0.2, 0.25) is 0 Å². The first-order valence-corrected chi connectivity index (χ1v) is 10.1. The van der Waals surface area contributed by atoms with Gasteiger partial charge in [0, 0.05) is 45.3 Å². The number of nitrogens with zero attached hydrogens (tertiary/aromatic N) is 2. The molecule has 0 aromatic heterocycles. The van der Waals surface area contributed by atoms with Crippen LogP contribution in [0.3, 0.4) is 0 Å². The van der Waals surface area contributed by atoms with Crippen LogP contribution in [0.2, 0.25) is 0 Å². The van der Waals surface area contributed by atoms with Gasteiger partial charge in [0.05, 0.1) is 25.7 Å². The van der Waals surface area contributed by atoms with Crippen LogP contribution in [-0.4, -0.2) is 76.0 Å². The Morgan fingerprint density at radius 3 is 2.89 bits per heavy atom. The number of aliphatic imine (C=N–C) groups is 1. The Morgan fingerprint density at radius 1 is 1.33 bits per heavy atom. The van der Waals surface area contributed by atoms with Crippen LogP contribution in [0.1, 0.15) is 39.5 Å². The molecule has 7 nitrogen and oxygen atoms in total. The van der Waals surface area contributed by atoms with Crippen molar-refractivity contribution in [3.8, 4) is 0 Å². The van der Waals surface area contributed by atoms with Crippen molar-refractivity contribution in [1.29, 1.82) is 0 Å². The molecule has 2 aliphatic heterocycles. The van der Waals surface area contributed by atoms with Crippen molar-refractivity contribution in [3.05, 3.63) is 0 Å². The molecule has 2 unspecified atom stereocenters. The topological polar surface area (TPSA) is 72.4 Å². The first-order chi connectivity index (χ1) is 12.7. The van der Waals surface area contributed by atoms with Crippen LogP contribution in [0.15, 0.2) is 4.99 Å². The van der Waals surface area contributed by atoms with E-state index < -0.39 is 0 Å². The lowest BCUT2D eigenvalue weighted by molar-refractivity contribution is -0.149. The van der Waals surface area contributed by atoms with E-state index >= 15 is 0 Å². The van der Waals surface area contributed by atoms with Gasteiger partial charge in [-0.15, -0.1) is 24.0 Å². The Morgan fingerprint density at radius 2 is 2.19 bits per heavy atom. The molecule has 0 saturated carbocycles. The first kappa shape index (κ1) is 24.4. The van der Waals surface area contributed by atoms with Gasteiger partial charge in [-0.1, -0.05) is 0 Å². The van der Waals surface area contributed by atoms with E-state index in [1.54, 1.807) is 0 Å². The maximum absolute atomic E-state index is 12.0. The fourth-order valence-electron chi connectivity index (χ4n) is 3.36. The summed E-state index contributed by atoms with van der Waals surface area (Å²) < 4.78 is 16.3. The molecule has 2 rings (SSSR count). The molecule has 0 radical (unpaired) electrons. The summed E-state index contributed by atoms with van der Waals surface area (Å²) >= 11 is 0. The van der Waals surface area contributed by atoms with Gasteiger partial charge in [-0.25, -0.2) is 0 Å². The number of carbonyl (C=O) groups is 1. The van der Waals surface area contributed by atoms with E-state index in [-0.39, 0.29) is 35.9 Å². The summed E-state index contributed by atoms with van der Waals surface area (Å²) in [7, 11) is 0. The zero-order valence-corrected chi connectivity index (χ0v) is 19.1. The summed E-state index contributed by atoms with van der Waals surface area (Å²) in [5.41, 5.74) is 0. The first-order valence-electron chi connectivity index (χ1n) is 10.1. The average molecular weight is 497 g/mol. The van der Waals surface area contributed by atoms with Gasteiger partial charge in [0.15, 0.2) is 5.96 Å². The Hall–Kier alpha value is -0.610. The highest BCUT2D eigenvalue weighted by atomic mass is 127. The van der Waals surface area contributed by atoms with Crippen molar-refractivity contribution >= 4 is 35.9 Å². The van der Waals surface area contributed by atoms with E-state index in [9.17, 15) is 4.79 Å². The zero-order valence-electron chi connectivity index (χ0n) is 16.8. The molecular formula is C19H36IN3O4. The second kappa shape index (κ2) is 14.4. The second-order valence-electron chi connectivity index (χ2n) is 6.93. The van der Waals surface area contributed by atoms with Crippen LogP contribution in [0, 0.1) is 11.8 Å². The fraction of sp³-hybridized carbons (Fsp3) is 0.895. The molecule has 0 amide bonds. The molecule has 0 aliphatic carbocycles. The van der Waals surface area contributed by atoms with E-state index in [0.717, 1.165) is 77.7 Å². The fourth-order valence-corrected chi connectivity index (χ4v) is 3.36. The maximum atomic E-state index is 12.0. The van der Waals surface area contributed by atoms with Gasteiger partial charge < -0.3 is 24.4 Å². The van der Waals surface area contributed by atoms with Crippen molar-refractivity contribution < 1.29 is 19.0 Å². The maximum Gasteiger partial charge on any atom is 0.310 e. The number of ether oxygens (including phenoxy) is 3. The van der Waals surface area contributed by atoms with Crippen molar-refractivity contribution in [2.24, 2.45) is 16.8 Å². The minimum absolute atomic E-state index is 0. The van der Waals surface area contributed by atoms with Gasteiger partial charge in [0.1, 0.15) is 0 Å². The van der Waals surface area contributed by atoms with E-state index in [2.05, 4.69) is 17.1 Å². The number of hydrogen-bond acceptors (Lipinski definition) is 5. The highest BCUT2D eigenvalue weighted by Crippen LogP contribution is 2.18. The van der Waals surface area contributed by atoms with Crippen molar-refractivity contribution in [1.82, 2.24) is 10.2 Å². The number of nitrogens with one attached hydrogen (secondary N) is 1. The number of rotatable bonds is 9. The van der Waals surface area contributed by atoms with Crippen LogP contribution < -0.4 is 5.32 Å². The molecule has 2 atom stereocenters. The number of likely N-dealkylation sites (tertiary alicyclic amines) is 1. The van der Waals surface area contributed by atoms with Gasteiger partial charge in [0.25, 0.3) is 0 Å². The van der Waals surface area contributed by atoms with E-state index in [4.69, 9.17) is 19.2 Å². The van der Waals surface area contributed by atoms with E-state index in [1.165, 1.54) is 0 Å². The monoisotopic (exact) mass is 497 g/mol. The molecule has 0 bridgehead atoms.